The first-order chi connectivity index (χ1) is 8.76. The minimum Gasteiger partial charge on any atom is -0.394 e. The van der Waals surface area contributed by atoms with Gasteiger partial charge in [-0.25, -0.2) is 4.79 Å². The summed E-state index contributed by atoms with van der Waals surface area (Å²) < 4.78 is 0. The summed E-state index contributed by atoms with van der Waals surface area (Å²) in [6.07, 6.45) is 0. The molecule has 1 rings (SSSR count). The summed E-state index contributed by atoms with van der Waals surface area (Å²) in [6, 6.07) is 5.68. The van der Waals surface area contributed by atoms with Crippen molar-refractivity contribution in [2.45, 2.75) is 46.1 Å². The number of para-hydroxylation sites is 1. The van der Waals surface area contributed by atoms with Crippen molar-refractivity contribution >= 4 is 11.7 Å². The second kappa shape index (κ2) is 6.06. The summed E-state index contributed by atoms with van der Waals surface area (Å²) in [6.45, 7) is 9.59. The summed E-state index contributed by atoms with van der Waals surface area (Å²) in [4.78, 5) is 12.0. The molecule has 0 radical (unpaired) electrons. The van der Waals surface area contributed by atoms with Crippen molar-refractivity contribution < 1.29 is 9.90 Å². The van der Waals surface area contributed by atoms with Crippen LogP contribution in [0.2, 0.25) is 0 Å². The Morgan fingerprint density at radius 2 is 2.00 bits per heavy atom. The topological polar surface area (TPSA) is 61.4 Å². The summed E-state index contributed by atoms with van der Waals surface area (Å²) in [5, 5.41) is 14.8. The number of hydrogen-bond acceptors (Lipinski definition) is 2. The number of aryl methyl sites for hydroxylation is 1. The zero-order valence-corrected chi connectivity index (χ0v) is 12.4. The zero-order chi connectivity index (χ0) is 14.6. The Morgan fingerprint density at radius 3 is 2.53 bits per heavy atom. The van der Waals surface area contributed by atoms with Crippen molar-refractivity contribution in [2.24, 2.45) is 0 Å². The van der Waals surface area contributed by atoms with Crippen LogP contribution in [0.25, 0.3) is 0 Å². The normalized spacial score (nSPS) is 11.5. The predicted octanol–water partition coefficient (Wildman–Crippen LogP) is 3.01. The van der Waals surface area contributed by atoms with Crippen molar-refractivity contribution in [1.82, 2.24) is 5.32 Å². The lowest BCUT2D eigenvalue weighted by Gasteiger charge is -2.25. The van der Waals surface area contributed by atoms with Crippen LogP contribution in [0.15, 0.2) is 18.2 Å². The molecule has 4 heteroatoms. The lowest BCUT2D eigenvalue weighted by atomic mass is 9.98. The second-order valence-corrected chi connectivity index (χ2v) is 5.81. The van der Waals surface area contributed by atoms with Gasteiger partial charge in [0.1, 0.15) is 0 Å². The van der Waals surface area contributed by atoms with E-state index in [0.29, 0.717) is 5.92 Å². The number of rotatable bonds is 4. The molecule has 0 aliphatic heterocycles. The minimum absolute atomic E-state index is 0.106. The fourth-order valence-electron chi connectivity index (χ4n) is 1.83. The number of aliphatic hydroxyl groups excluding tert-OH is 1. The number of carbonyl (C=O) groups is 1. The van der Waals surface area contributed by atoms with Gasteiger partial charge in [0.25, 0.3) is 0 Å². The lowest BCUT2D eigenvalue weighted by Crippen LogP contribution is -2.48. The molecule has 0 heterocycles. The monoisotopic (exact) mass is 264 g/mol. The second-order valence-electron chi connectivity index (χ2n) is 5.81. The van der Waals surface area contributed by atoms with Gasteiger partial charge in [0.05, 0.1) is 12.1 Å². The quantitative estimate of drug-likeness (QED) is 0.783. The van der Waals surface area contributed by atoms with Crippen molar-refractivity contribution in [2.75, 3.05) is 11.9 Å². The number of benzene rings is 1. The average molecular weight is 264 g/mol. The van der Waals surface area contributed by atoms with Gasteiger partial charge in [-0.15, -0.1) is 0 Å². The van der Waals surface area contributed by atoms with E-state index in [1.54, 1.807) is 13.8 Å². The summed E-state index contributed by atoms with van der Waals surface area (Å²) >= 11 is 0. The molecule has 0 unspecified atom stereocenters. The van der Waals surface area contributed by atoms with E-state index >= 15 is 0 Å². The Morgan fingerprint density at radius 1 is 1.37 bits per heavy atom. The van der Waals surface area contributed by atoms with Crippen LogP contribution >= 0.6 is 0 Å². The molecule has 2 amide bonds. The highest BCUT2D eigenvalue weighted by atomic mass is 16.3. The van der Waals surface area contributed by atoms with Crippen LogP contribution in [-0.2, 0) is 0 Å². The Labute approximate surface area is 115 Å². The van der Waals surface area contributed by atoms with Crippen LogP contribution in [0.4, 0.5) is 10.5 Å². The van der Waals surface area contributed by atoms with E-state index in [0.717, 1.165) is 16.8 Å². The van der Waals surface area contributed by atoms with Crippen LogP contribution in [-0.4, -0.2) is 23.3 Å². The molecule has 0 fully saturated rings. The lowest BCUT2D eigenvalue weighted by molar-refractivity contribution is 0.187. The first-order valence-electron chi connectivity index (χ1n) is 6.56. The molecule has 0 aliphatic carbocycles. The van der Waals surface area contributed by atoms with Gasteiger partial charge < -0.3 is 15.7 Å². The van der Waals surface area contributed by atoms with Crippen LogP contribution in [0.5, 0.6) is 0 Å². The number of hydrogen-bond donors (Lipinski definition) is 3. The van der Waals surface area contributed by atoms with Crippen molar-refractivity contribution in [1.29, 1.82) is 0 Å². The third-order valence-electron chi connectivity index (χ3n) is 3.01. The van der Waals surface area contributed by atoms with Crippen LogP contribution in [0.3, 0.4) is 0 Å². The molecule has 0 saturated carbocycles. The first kappa shape index (κ1) is 15.5. The van der Waals surface area contributed by atoms with E-state index in [1.807, 2.05) is 25.1 Å². The predicted molar refractivity (Wildman–Crippen MR) is 78.6 cm³/mol. The third kappa shape index (κ3) is 4.24. The molecule has 3 N–H and O–H groups in total. The highest BCUT2D eigenvalue weighted by molar-refractivity contribution is 5.91. The van der Waals surface area contributed by atoms with Gasteiger partial charge in [-0.05, 0) is 37.8 Å². The largest absolute Gasteiger partial charge is 0.394 e. The third-order valence-corrected chi connectivity index (χ3v) is 3.01. The van der Waals surface area contributed by atoms with Crippen LogP contribution < -0.4 is 10.6 Å². The molecule has 106 valence electrons. The smallest absolute Gasteiger partial charge is 0.319 e. The Hall–Kier alpha value is -1.55. The highest BCUT2D eigenvalue weighted by Crippen LogP contribution is 2.27. The molecular weight excluding hydrogens is 240 g/mol. The fraction of sp³-hybridized carbons (Fsp3) is 0.533. The van der Waals surface area contributed by atoms with Gasteiger partial charge in [-0.2, -0.15) is 0 Å². The van der Waals surface area contributed by atoms with Gasteiger partial charge in [0.2, 0.25) is 0 Å². The van der Waals surface area contributed by atoms with E-state index in [9.17, 15) is 4.79 Å². The van der Waals surface area contributed by atoms with Gasteiger partial charge >= 0.3 is 6.03 Å². The number of aliphatic hydroxyl groups is 1. The maximum atomic E-state index is 12.0. The van der Waals surface area contributed by atoms with E-state index < -0.39 is 5.54 Å². The van der Waals surface area contributed by atoms with Crippen molar-refractivity contribution in [3.05, 3.63) is 29.3 Å². The molecular formula is C15H24N2O2. The highest BCUT2D eigenvalue weighted by Gasteiger charge is 2.20. The molecule has 0 spiro atoms. The average Bonchev–Trinajstić information content (AvgIpc) is 2.30. The van der Waals surface area contributed by atoms with Crippen LogP contribution in [0.1, 0.15) is 44.7 Å². The maximum Gasteiger partial charge on any atom is 0.319 e. The fourth-order valence-corrected chi connectivity index (χ4v) is 1.83. The van der Waals surface area contributed by atoms with Gasteiger partial charge in [-0.1, -0.05) is 32.0 Å². The van der Waals surface area contributed by atoms with E-state index in [1.165, 1.54) is 0 Å². The maximum absolute atomic E-state index is 12.0. The first-order valence-corrected chi connectivity index (χ1v) is 6.56. The standard InChI is InChI=1S/C15H24N2O2/c1-10(2)12-8-6-7-11(3)13(12)16-14(19)17-15(4,5)9-18/h6-8,10,18H,9H2,1-5H3,(H2,16,17,19). The van der Waals surface area contributed by atoms with Crippen molar-refractivity contribution in [3.63, 3.8) is 0 Å². The van der Waals surface area contributed by atoms with E-state index in [2.05, 4.69) is 24.5 Å². The van der Waals surface area contributed by atoms with Crippen LogP contribution in [0, 0.1) is 6.92 Å². The van der Waals surface area contributed by atoms with E-state index in [-0.39, 0.29) is 12.6 Å². The summed E-state index contributed by atoms with van der Waals surface area (Å²) in [5.41, 5.74) is 2.36. The summed E-state index contributed by atoms with van der Waals surface area (Å²) in [7, 11) is 0. The molecule has 19 heavy (non-hydrogen) atoms. The van der Waals surface area contributed by atoms with Gasteiger partial charge in [-0.3, -0.25) is 0 Å². The summed E-state index contributed by atoms with van der Waals surface area (Å²) in [5.74, 6) is 0.334. The molecule has 0 aliphatic rings. The number of anilines is 1. The molecule has 1 aromatic rings. The Bertz CT molecular complexity index is 453. The number of carbonyl (C=O) groups excluding carboxylic acids is 1. The van der Waals surface area contributed by atoms with Gasteiger partial charge in [0.15, 0.2) is 0 Å². The molecule has 4 nitrogen and oxygen atoms in total. The molecule has 0 atom stereocenters. The SMILES string of the molecule is Cc1cccc(C(C)C)c1NC(=O)NC(C)(C)CO. The molecule has 1 aromatic carbocycles. The van der Waals surface area contributed by atoms with E-state index in [4.69, 9.17) is 5.11 Å². The minimum atomic E-state index is -0.634. The number of urea groups is 1. The molecule has 0 aromatic heterocycles. The number of nitrogens with one attached hydrogen (secondary N) is 2. The molecule has 0 saturated heterocycles. The van der Waals surface area contributed by atoms with Gasteiger partial charge in [0, 0.05) is 5.69 Å². The number of amides is 2. The Kier molecular flexibility index (Phi) is 4.95. The zero-order valence-electron chi connectivity index (χ0n) is 12.4. The van der Waals surface area contributed by atoms with Crippen molar-refractivity contribution in [3.8, 4) is 0 Å². The Balaban J connectivity index is 2.91. The molecule has 0 bridgehead atoms.